The molecule has 1 aromatic heterocycles. The van der Waals surface area contributed by atoms with Crippen molar-refractivity contribution >= 4 is 11.9 Å². The Balaban J connectivity index is 1.76. The van der Waals surface area contributed by atoms with E-state index in [1.165, 1.54) is 6.42 Å². The summed E-state index contributed by atoms with van der Waals surface area (Å²) in [6.07, 6.45) is 4.46. The molecule has 1 saturated heterocycles. The molecule has 7 heteroatoms. The molecule has 1 aromatic rings. The van der Waals surface area contributed by atoms with Crippen molar-refractivity contribution in [3.8, 4) is 0 Å². The van der Waals surface area contributed by atoms with Crippen molar-refractivity contribution in [2.24, 2.45) is 0 Å². The second kappa shape index (κ2) is 7.56. The van der Waals surface area contributed by atoms with E-state index in [1.807, 2.05) is 19.0 Å². The van der Waals surface area contributed by atoms with Gasteiger partial charge in [0.25, 0.3) is 5.56 Å². The van der Waals surface area contributed by atoms with E-state index in [0.29, 0.717) is 31.9 Å². The second-order valence-corrected chi connectivity index (χ2v) is 7.17. The summed E-state index contributed by atoms with van der Waals surface area (Å²) in [5.41, 5.74) is 1.49. The number of carbonyl (C=O) groups is 1. The average Bonchev–Trinajstić information content (AvgIpc) is 2.84. The summed E-state index contributed by atoms with van der Waals surface area (Å²) in [7, 11) is 3.72. The fraction of sp³-hybridized carbons (Fsp3) is 0.722. The van der Waals surface area contributed by atoms with Gasteiger partial charge in [-0.1, -0.05) is 13.3 Å². The van der Waals surface area contributed by atoms with E-state index < -0.39 is 0 Å². The van der Waals surface area contributed by atoms with Crippen LogP contribution in [0.1, 0.15) is 37.4 Å². The maximum absolute atomic E-state index is 13.1. The molecule has 25 heavy (non-hydrogen) atoms. The predicted molar refractivity (Wildman–Crippen MR) is 98.1 cm³/mol. The van der Waals surface area contributed by atoms with Crippen LogP contribution in [0.15, 0.2) is 4.79 Å². The molecule has 1 atom stereocenters. The summed E-state index contributed by atoms with van der Waals surface area (Å²) >= 11 is 0. The van der Waals surface area contributed by atoms with Crippen LogP contribution in [0.3, 0.4) is 0 Å². The Bertz CT molecular complexity index is 685. The van der Waals surface area contributed by atoms with Gasteiger partial charge < -0.3 is 9.80 Å². The molecule has 0 aromatic carbocycles. The van der Waals surface area contributed by atoms with Crippen molar-refractivity contribution in [2.45, 2.75) is 45.1 Å². The highest BCUT2D eigenvalue weighted by molar-refractivity contribution is 5.82. The van der Waals surface area contributed by atoms with Gasteiger partial charge in [-0.25, -0.2) is 4.98 Å². The summed E-state index contributed by atoms with van der Waals surface area (Å²) in [6.45, 7) is 5.29. The number of rotatable bonds is 3. The molecule has 0 saturated carbocycles. The third-order valence-electron chi connectivity index (χ3n) is 5.38. The van der Waals surface area contributed by atoms with Crippen LogP contribution in [0.5, 0.6) is 0 Å². The van der Waals surface area contributed by atoms with Crippen LogP contribution in [0.2, 0.25) is 0 Å². The number of anilines is 1. The van der Waals surface area contributed by atoms with E-state index in [1.54, 1.807) is 4.90 Å². The summed E-state index contributed by atoms with van der Waals surface area (Å²) in [6, 6.07) is 0.00328. The molecule has 7 nitrogen and oxygen atoms in total. The number of fused-ring (bicyclic) bond motifs is 1. The Morgan fingerprint density at radius 1 is 1.24 bits per heavy atom. The number of aromatic nitrogens is 2. The zero-order valence-electron chi connectivity index (χ0n) is 15.5. The van der Waals surface area contributed by atoms with Gasteiger partial charge in [0.15, 0.2) is 0 Å². The first-order chi connectivity index (χ1) is 12.0. The number of hydrogen-bond donors (Lipinski definition) is 1. The molecule has 0 bridgehead atoms. The molecule has 2 aliphatic heterocycles. The molecule has 1 fully saturated rings. The number of H-pyrrole nitrogens is 1. The number of nitrogens with zero attached hydrogens (tertiary/aromatic N) is 4. The molecule has 1 N–H and O–H groups in total. The SMILES string of the molecule is CCN1CCCC[C@@H]1C(=O)N1CCc2nc(N(C)C)[nH]c(=O)c2CC1. The number of amides is 1. The molecule has 0 aliphatic carbocycles. The third-order valence-corrected chi connectivity index (χ3v) is 5.38. The monoisotopic (exact) mass is 347 g/mol. The average molecular weight is 347 g/mol. The predicted octanol–water partition coefficient (Wildman–Crippen LogP) is 0.638. The Morgan fingerprint density at radius 3 is 2.72 bits per heavy atom. The lowest BCUT2D eigenvalue weighted by Gasteiger charge is -2.36. The maximum atomic E-state index is 13.1. The van der Waals surface area contributed by atoms with Gasteiger partial charge in [-0.05, 0) is 32.4 Å². The first-order valence-corrected chi connectivity index (χ1v) is 9.33. The van der Waals surface area contributed by atoms with Gasteiger partial charge in [0.2, 0.25) is 11.9 Å². The Kier molecular flexibility index (Phi) is 5.42. The molecular weight excluding hydrogens is 318 g/mol. The van der Waals surface area contributed by atoms with Crippen LogP contribution in [0, 0.1) is 0 Å². The first-order valence-electron chi connectivity index (χ1n) is 9.33. The zero-order chi connectivity index (χ0) is 18.0. The van der Waals surface area contributed by atoms with Gasteiger partial charge in [-0.2, -0.15) is 0 Å². The Hall–Kier alpha value is -1.89. The minimum atomic E-state index is -0.0733. The highest BCUT2D eigenvalue weighted by Crippen LogP contribution is 2.20. The van der Waals surface area contributed by atoms with Crippen LogP contribution in [0.25, 0.3) is 0 Å². The summed E-state index contributed by atoms with van der Waals surface area (Å²) < 4.78 is 0. The standard InChI is InChI=1S/C18H29N5O2/c1-4-22-10-6-5-7-15(22)17(25)23-11-8-13-14(9-12-23)19-18(21(2)3)20-16(13)24/h15H,4-12H2,1-3H3,(H,19,20,24)/t15-/m1/s1. The maximum Gasteiger partial charge on any atom is 0.255 e. The van der Waals surface area contributed by atoms with Crippen molar-refractivity contribution < 1.29 is 4.79 Å². The van der Waals surface area contributed by atoms with E-state index >= 15 is 0 Å². The van der Waals surface area contributed by atoms with Crippen LogP contribution in [-0.4, -0.2) is 72.0 Å². The number of nitrogens with one attached hydrogen (secondary N) is 1. The molecule has 3 heterocycles. The van der Waals surface area contributed by atoms with Crippen molar-refractivity contribution in [2.75, 3.05) is 45.2 Å². The number of hydrogen-bond acceptors (Lipinski definition) is 5. The molecule has 0 unspecified atom stereocenters. The molecule has 3 rings (SSSR count). The number of likely N-dealkylation sites (N-methyl/N-ethyl adjacent to an activating group) is 1. The van der Waals surface area contributed by atoms with Crippen LogP contribution in [-0.2, 0) is 17.6 Å². The highest BCUT2D eigenvalue weighted by Gasteiger charge is 2.32. The van der Waals surface area contributed by atoms with Gasteiger partial charge in [-0.15, -0.1) is 0 Å². The number of carbonyl (C=O) groups excluding carboxylic acids is 1. The second-order valence-electron chi connectivity index (χ2n) is 7.17. The molecule has 2 aliphatic rings. The largest absolute Gasteiger partial charge is 0.348 e. The van der Waals surface area contributed by atoms with Crippen molar-refractivity contribution in [1.29, 1.82) is 0 Å². The van der Waals surface area contributed by atoms with E-state index in [4.69, 9.17) is 0 Å². The lowest BCUT2D eigenvalue weighted by molar-refractivity contribution is -0.138. The quantitative estimate of drug-likeness (QED) is 0.869. The minimum Gasteiger partial charge on any atom is -0.348 e. The molecule has 0 radical (unpaired) electrons. The lowest BCUT2D eigenvalue weighted by atomic mass is 10.0. The Labute approximate surface area is 149 Å². The van der Waals surface area contributed by atoms with Crippen molar-refractivity contribution in [3.05, 3.63) is 21.6 Å². The van der Waals surface area contributed by atoms with Crippen LogP contribution >= 0.6 is 0 Å². The van der Waals surface area contributed by atoms with Gasteiger partial charge in [0, 0.05) is 39.2 Å². The van der Waals surface area contributed by atoms with Crippen LogP contribution < -0.4 is 10.5 Å². The summed E-state index contributed by atoms with van der Waals surface area (Å²) in [4.78, 5) is 38.9. The summed E-state index contributed by atoms with van der Waals surface area (Å²) in [5.74, 6) is 0.798. The van der Waals surface area contributed by atoms with Gasteiger partial charge in [-0.3, -0.25) is 19.5 Å². The Morgan fingerprint density at radius 2 is 2.00 bits per heavy atom. The first kappa shape index (κ1) is 17.9. The third kappa shape index (κ3) is 3.71. The molecule has 138 valence electrons. The molecule has 1 amide bonds. The zero-order valence-corrected chi connectivity index (χ0v) is 15.5. The topological polar surface area (TPSA) is 72.5 Å². The number of likely N-dealkylation sites (tertiary alicyclic amines) is 1. The van der Waals surface area contributed by atoms with Gasteiger partial charge in [0.1, 0.15) is 0 Å². The lowest BCUT2D eigenvalue weighted by Crippen LogP contribution is -2.51. The smallest absolute Gasteiger partial charge is 0.255 e. The fourth-order valence-electron chi connectivity index (χ4n) is 3.89. The van der Waals surface area contributed by atoms with E-state index in [2.05, 4.69) is 21.8 Å². The van der Waals surface area contributed by atoms with Crippen LogP contribution in [0.4, 0.5) is 5.95 Å². The highest BCUT2D eigenvalue weighted by atomic mass is 16.2. The summed E-state index contributed by atoms with van der Waals surface area (Å²) in [5, 5.41) is 0. The van der Waals surface area contributed by atoms with Crippen molar-refractivity contribution in [3.63, 3.8) is 0 Å². The van der Waals surface area contributed by atoms with Gasteiger partial charge in [0.05, 0.1) is 11.7 Å². The normalized spacial score (nSPS) is 21.6. The number of piperidine rings is 1. The van der Waals surface area contributed by atoms with Crippen molar-refractivity contribution in [1.82, 2.24) is 19.8 Å². The fourth-order valence-corrected chi connectivity index (χ4v) is 3.89. The minimum absolute atomic E-state index is 0.00328. The molecule has 0 spiro atoms. The molecular formula is C18H29N5O2. The number of aromatic amines is 1. The van der Waals surface area contributed by atoms with Gasteiger partial charge >= 0.3 is 0 Å². The van der Waals surface area contributed by atoms with E-state index in [0.717, 1.165) is 37.2 Å². The van der Waals surface area contributed by atoms with E-state index in [9.17, 15) is 9.59 Å². The van der Waals surface area contributed by atoms with E-state index in [-0.39, 0.29) is 17.5 Å².